The first-order valence-corrected chi connectivity index (χ1v) is 5.31. The lowest BCUT2D eigenvalue weighted by Gasteiger charge is -2.36. The molecule has 0 bridgehead atoms. The molecule has 1 heterocycles. The second-order valence-corrected chi connectivity index (χ2v) is 4.33. The highest BCUT2D eigenvalue weighted by Gasteiger charge is 2.29. The number of rotatable bonds is 2. The Morgan fingerprint density at radius 2 is 2.13 bits per heavy atom. The molecular weight excluding hydrogens is 214 g/mol. The molecule has 4 atom stereocenters. The minimum atomic E-state index is -0.420. The first-order chi connectivity index (χ1) is 6.52. The van der Waals surface area contributed by atoms with Crippen LogP contribution in [0.2, 0.25) is 0 Å². The highest BCUT2D eigenvalue weighted by molar-refractivity contribution is 5.85. The molecule has 0 aromatic rings. The lowest BCUT2D eigenvalue weighted by Crippen LogP contribution is -2.58. The summed E-state index contributed by atoms with van der Waals surface area (Å²) in [4.78, 5) is 11.4. The minimum Gasteiger partial charge on any atom is -0.350 e. The number of carbonyl (C=O) groups is 1. The van der Waals surface area contributed by atoms with Crippen molar-refractivity contribution >= 4 is 18.3 Å². The summed E-state index contributed by atoms with van der Waals surface area (Å²) in [6.07, 6.45) is 1.11. The van der Waals surface area contributed by atoms with Gasteiger partial charge in [0.25, 0.3) is 0 Å². The van der Waals surface area contributed by atoms with E-state index in [1.54, 1.807) is 6.92 Å². The van der Waals surface area contributed by atoms with Gasteiger partial charge < -0.3 is 16.4 Å². The summed E-state index contributed by atoms with van der Waals surface area (Å²) in [6.45, 7) is 7.01. The zero-order valence-corrected chi connectivity index (χ0v) is 10.4. The van der Waals surface area contributed by atoms with E-state index in [2.05, 4.69) is 24.5 Å². The van der Waals surface area contributed by atoms with E-state index in [9.17, 15) is 4.79 Å². The Bertz CT molecular complexity index is 201. The monoisotopic (exact) mass is 235 g/mol. The number of halogens is 1. The molecule has 0 aromatic carbocycles. The maximum Gasteiger partial charge on any atom is 0.236 e. The van der Waals surface area contributed by atoms with Crippen LogP contribution in [-0.4, -0.2) is 30.6 Å². The number of carbonyl (C=O) groups excluding carboxylic acids is 1. The van der Waals surface area contributed by atoms with E-state index in [1.807, 2.05) is 0 Å². The third kappa shape index (κ3) is 3.97. The van der Waals surface area contributed by atoms with Crippen molar-refractivity contribution in [3.63, 3.8) is 0 Å². The van der Waals surface area contributed by atoms with Crippen LogP contribution in [-0.2, 0) is 4.79 Å². The largest absolute Gasteiger partial charge is 0.350 e. The number of nitrogens with one attached hydrogen (secondary N) is 2. The molecule has 4 N–H and O–H groups in total. The van der Waals surface area contributed by atoms with Crippen molar-refractivity contribution in [3.8, 4) is 0 Å². The van der Waals surface area contributed by atoms with Crippen molar-refractivity contribution in [1.82, 2.24) is 10.6 Å². The predicted molar refractivity (Wildman–Crippen MR) is 64.1 cm³/mol. The summed E-state index contributed by atoms with van der Waals surface area (Å²) in [5.41, 5.74) is 5.51. The molecular formula is C10H22ClN3O. The zero-order chi connectivity index (χ0) is 10.7. The Morgan fingerprint density at radius 3 is 2.60 bits per heavy atom. The molecule has 1 fully saturated rings. The molecule has 4 unspecified atom stereocenters. The number of hydrogen-bond acceptors (Lipinski definition) is 3. The molecule has 0 radical (unpaired) electrons. The van der Waals surface area contributed by atoms with Crippen LogP contribution < -0.4 is 16.4 Å². The van der Waals surface area contributed by atoms with E-state index in [0.29, 0.717) is 12.0 Å². The molecule has 0 aromatic heterocycles. The van der Waals surface area contributed by atoms with E-state index in [1.165, 1.54) is 0 Å². The molecule has 0 saturated carbocycles. The lowest BCUT2D eigenvalue weighted by atomic mass is 9.89. The van der Waals surface area contributed by atoms with E-state index < -0.39 is 6.04 Å². The quantitative estimate of drug-likeness (QED) is 0.643. The van der Waals surface area contributed by atoms with Crippen LogP contribution in [0.3, 0.4) is 0 Å². The summed E-state index contributed by atoms with van der Waals surface area (Å²) in [5, 5.41) is 6.34. The summed E-state index contributed by atoms with van der Waals surface area (Å²) in [6, 6.07) is 0.125. The number of piperidine rings is 1. The van der Waals surface area contributed by atoms with Crippen LogP contribution in [0.4, 0.5) is 0 Å². The smallest absolute Gasteiger partial charge is 0.236 e. The van der Waals surface area contributed by atoms with Gasteiger partial charge in [-0.1, -0.05) is 6.92 Å². The van der Waals surface area contributed by atoms with Gasteiger partial charge in [-0.2, -0.15) is 0 Å². The first kappa shape index (κ1) is 14.7. The fourth-order valence-corrected chi connectivity index (χ4v) is 1.90. The van der Waals surface area contributed by atoms with Crippen molar-refractivity contribution in [1.29, 1.82) is 0 Å². The van der Waals surface area contributed by atoms with E-state index in [-0.39, 0.29) is 24.4 Å². The Balaban J connectivity index is 0.00000196. The molecule has 1 aliphatic rings. The molecule has 0 spiro atoms. The Hall–Kier alpha value is -0.320. The number of hydrogen-bond donors (Lipinski definition) is 3. The first-order valence-electron chi connectivity index (χ1n) is 5.31. The molecule has 1 saturated heterocycles. The Morgan fingerprint density at radius 1 is 1.53 bits per heavy atom. The van der Waals surface area contributed by atoms with Gasteiger partial charge in [0.1, 0.15) is 0 Å². The van der Waals surface area contributed by atoms with Gasteiger partial charge in [-0.3, -0.25) is 4.79 Å². The maximum atomic E-state index is 11.4. The highest BCUT2D eigenvalue weighted by Crippen LogP contribution is 2.15. The minimum absolute atomic E-state index is 0. The van der Waals surface area contributed by atoms with Crippen molar-refractivity contribution < 1.29 is 4.79 Å². The van der Waals surface area contributed by atoms with Crippen LogP contribution in [0.15, 0.2) is 0 Å². The van der Waals surface area contributed by atoms with E-state index in [4.69, 9.17) is 5.73 Å². The molecule has 5 heteroatoms. The lowest BCUT2D eigenvalue weighted by molar-refractivity contribution is -0.123. The fraction of sp³-hybridized carbons (Fsp3) is 0.900. The molecule has 15 heavy (non-hydrogen) atoms. The Kier molecular flexibility index (Phi) is 6.17. The molecule has 1 amide bonds. The van der Waals surface area contributed by atoms with E-state index >= 15 is 0 Å². The van der Waals surface area contributed by atoms with Crippen LogP contribution in [0.5, 0.6) is 0 Å². The Labute approximate surface area is 97.8 Å². The molecule has 1 rings (SSSR count). The van der Waals surface area contributed by atoms with Crippen molar-refractivity contribution in [3.05, 3.63) is 0 Å². The van der Waals surface area contributed by atoms with Gasteiger partial charge >= 0.3 is 0 Å². The van der Waals surface area contributed by atoms with Crippen LogP contribution in [0.25, 0.3) is 0 Å². The second kappa shape index (κ2) is 6.30. The zero-order valence-electron chi connectivity index (χ0n) is 9.62. The van der Waals surface area contributed by atoms with Crippen LogP contribution >= 0.6 is 12.4 Å². The average molecular weight is 236 g/mol. The highest BCUT2D eigenvalue weighted by atomic mass is 35.5. The van der Waals surface area contributed by atoms with Gasteiger partial charge in [0.2, 0.25) is 5.91 Å². The third-order valence-electron chi connectivity index (χ3n) is 2.94. The summed E-state index contributed by atoms with van der Waals surface area (Å²) >= 11 is 0. The van der Waals surface area contributed by atoms with Gasteiger partial charge in [0.15, 0.2) is 0 Å². The van der Waals surface area contributed by atoms with Crippen molar-refractivity contribution in [2.24, 2.45) is 11.7 Å². The van der Waals surface area contributed by atoms with Crippen molar-refractivity contribution in [2.45, 2.75) is 45.3 Å². The van der Waals surface area contributed by atoms with Gasteiger partial charge in [0, 0.05) is 12.1 Å². The van der Waals surface area contributed by atoms with Crippen molar-refractivity contribution in [2.75, 3.05) is 6.54 Å². The molecule has 0 aliphatic carbocycles. The number of amides is 1. The molecule has 1 aliphatic heterocycles. The van der Waals surface area contributed by atoms with Gasteiger partial charge in [-0.15, -0.1) is 12.4 Å². The topological polar surface area (TPSA) is 67.2 Å². The second-order valence-electron chi connectivity index (χ2n) is 4.33. The van der Waals surface area contributed by atoms with Gasteiger partial charge in [0.05, 0.1) is 6.04 Å². The molecule has 90 valence electrons. The fourth-order valence-electron chi connectivity index (χ4n) is 1.90. The summed E-state index contributed by atoms with van der Waals surface area (Å²) in [5.74, 6) is 0.464. The molecule has 4 nitrogen and oxygen atoms in total. The number of nitrogens with two attached hydrogens (primary N) is 1. The average Bonchev–Trinajstić information content (AvgIpc) is 2.11. The SMILES string of the molecule is CC(N)C(=O)NC1C(C)CCNC1C.Cl. The summed E-state index contributed by atoms with van der Waals surface area (Å²) in [7, 11) is 0. The summed E-state index contributed by atoms with van der Waals surface area (Å²) < 4.78 is 0. The standard InChI is InChI=1S/C10H21N3O.ClH/c1-6-4-5-12-8(3)9(6)13-10(14)7(2)11;/h6-9,12H,4-5,11H2,1-3H3,(H,13,14);1H. The van der Waals surface area contributed by atoms with Gasteiger partial charge in [-0.05, 0) is 32.7 Å². The third-order valence-corrected chi connectivity index (χ3v) is 2.94. The predicted octanol–water partition coefficient (Wildman–Crippen LogP) is 0.258. The van der Waals surface area contributed by atoms with Gasteiger partial charge in [-0.25, -0.2) is 0 Å². The normalized spacial score (nSPS) is 32.7. The van der Waals surface area contributed by atoms with Crippen LogP contribution in [0, 0.1) is 5.92 Å². The maximum absolute atomic E-state index is 11.4. The van der Waals surface area contributed by atoms with Crippen LogP contribution in [0.1, 0.15) is 27.2 Å². The van der Waals surface area contributed by atoms with E-state index in [0.717, 1.165) is 13.0 Å².